The number of aryl methyl sites for hydroxylation is 1. The summed E-state index contributed by atoms with van der Waals surface area (Å²) in [4.78, 5) is 14.4. The van der Waals surface area contributed by atoms with Crippen LogP contribution in [0.15, 0.2) is 35.3 Å². The summed E-state index contributed by atoms with van der Waals surface area (Å²) in [5, 5.41) is 4.44. The second-order valence-electron chi connectivity index (χ2n) is 4.24. The molecule has 0 atom stereocenters. The minimum absolute atomic E-state index is 0.260. The quantitative estimate of drug-likeness (QED) is 0.730. The average molecular weight is 261 g/mol. The van der Waals surface area contributed by atoms with Gasteiger partial charge in [0.1, 0.15) is 0 Å². The maximum atomic E-state index is 13.2. The van der Waals surface area contributed by atoms with Crippen molar-refractivity contribution in [2.45, 2.75) is 6.92 Å². The molecule has 1 N–H and O–H groups in total. The molecule has 0 radical (unpaired) electrons. The van der Waals surface area contributed by atoms with Gasteiger partial charge in [0.05, 0.1) is 22.8 Å². The Morgan fingerprint density at radius 1 is 1.21 bits per heavy atom. The number of nitrogens with zero attached hydrogens (tertiary/aromatic N) is 2. The molecule has 0 saturated carbocycles. The highest BCUT2D eigenvalue weighted by Crippen LogP contribution is 2.18. The number of hydrogen-bond acceptors (Lipinski definition) is 2. The molecule has 4 nitrogen and oxygen atoms in total. The summed E-state index contributed by atoms with van der Waals surface area (Å²) in [6.45, 7) is 1.74. The van der Waals surface area contributed by atoms with E-state index in [0.717, 1.165) is 12.1 Å². The molecule has 3 rings (SSSR count). The Hall–Kier alpha value is -2.50. The first-order valence-corrected chi connectivity index (χ1v) is 5.59. The number of benzene rings is 1. The van der Waals surface area contributed by atoms with Crippen molar-refractivity contribution in [2.24, 2.45) is 0 Å². The molecule has 0 bridgehead atoms. The van der Waals surface area contributed by atoms with Gasteiger partial charge in [-0.25, -0.2) is 13.5 Å². The monoisotopic (exact) mass is 261 g/mol. The van der Waals surface area contributed by atoms with E-state index in [-0.39, 0.29) is 5.56 Å². The number of H-pyrrole nitrogens is 1. The van der Waals surface area contributed by atoms with E-state index >= 15 is 0 Å². The number of aromatic amines is 1. The van der Waals surface area contributed by atoms with Gasteiger partial charge in [0.25, 0.3) is 5.56 Å². The van der Waals surface area contributed by atoms with Gasteiger partial charge in [-0.1, -0.05) is 0 Å². The maximum Gasteiger partial charge on any atom is 0.259 e. The van der Waals surface area contributed by atoms with E-state index in [2.05, 4.69) is 10.1 Å². The largest absolute Gasteiger partial charge is 0.326 e. The summed E-state index contributed by atoms with van der Waals surface area (Å²) >= 11 is 0. The summed E-state index contributed by atoms with van der Waals surface area (Å²) in [7, 11) is 0. The standard InChI is InChI=1S/C13H9F2N3O/c1-7-4-12-9(13(19)17-7)6-16-18(12)8-2-3-10(14)11(15)5-8/h2-6H,1H3,(H,17,19). The highest BCUT2D eigenvalue weighted by molar-refractivity contribution is 5.79. The van der Waals surface area contributed by atoms with E-state index in [1.165, 1.54) is 16.9 Å². The van der Waals surface area contributed by atoms with E-state index in [4.69, 9.17) is 0 Å². The van der Waals surface area contributed by atoms with Gasteiger partial charge in [-0.3, -0.25) is 4.79 Å². The second kappa shape index (κ2) is 4.01. The predicted molar refractivity (Wildman–Crippen MR) is 66.3 cm³/mol. The van der Waals surface area contributed by atoms with Gasteiger partial charge in [0, 0.05) is 11.8 Å². The fourth-order valence-corrected chi connectivity index (χ4v) is 1.98. The molecule has 96 valence electrons. The minimum atomic E-state index is -0.956. The molecule has 3 aromatic rings. The summed E-state index contributed by atoms with van der Waals surface area (Å²) in [6.07, 6.45) is 1.40. The van der Waals surface area contributed by atoms with Crippen molar-refractivity contribution in [1.29, 1.82) is 0 Å². The zero-order chi connectivity index (χ0) is 13.6. The molecule has 0 spiro atoms. The lowest BCUT2D eigenvalue weighted by Gasteiger charge is -2.04. The number of nitrogens with one attached hydrogen (secondary N) is 1. The molecule has 0 saturated heterocycles. The highest BCUT2D eigenvalue weighted by Gasteiger charge is 2.10. The van der Waals surface area contributed by atoms with Crippen molar-refractivity contribution in [3.05, 3.63) is 58.1 Å². The van der Waals surface area contributed by atoms with Crippen LogP contribution in [0.3, 0.4) is 0 Å². The first-order chi connectivity index (χ1) is 9.06. The summed E-state index contributed by atoms with van der Waals surface area (Å²) in [5.41, 5.74) is 1.32. The Labute approximate surface area is 106 Å². The topological polar surface area (TPSA) is 50.7 Å². The van der Waals surface area contributed by atoms with E-state index in [1.807, 2.05) is 0 Å². The number of rotatable bonds is 1. The van der Waals surface area contributed by atoms with Crippen molar-refractivity contribution < 1.29 is 8.78 Å². The van der Waals surface area contributed by atoms with Gasteiger partial charge in [0.2, 0.25) is 0 Å². The molecule has 6 heteroatoms. The zero-order valence-corrected chi connectivity index (χ0v) is 9.95. The SMILES string of the molecule is Cc1cc2c(cnn2-c2ccc(F)c(F)c2)c(=O)[nH]1. The number of halogens is 2. The van der Waals surface area contributed by atoms with Crippen LogP contribution < -0.4 is 5.56 Å². The van der Waals surface area contributed by atoms with E-state index < -0.39 is 11.6 Å². The van der Waals surface area contributed by atoms with Crippen LogP contribution in [0.5, 0.6) is 0 Å². The van der Waals surface area contributed by atoms with Crippen LogP contribution in [0.4, 0.5) is 8.78 Å². The van der Waals surface area contributed by atoms with Crippen LogP contribution in [0.2, 0.25) is 0 Å². The number of fused-ring (bicyclic) bond motifs is 1. The summed E-state index contributed by atoms with van der Waals surface area (Å²) in [5.74, 6) is -1.88. The second-order valence-corrected chi connectivity index (χ2v) is 4.24. The van der Waals surface area contributed by atoms with Gasteiger partial charge >= 0.3 is 0 Å². The van der Waals surface area contributed by atoms with Crippen molar-refractivity contribution in [3.63, 3.8) is 0 Å². The van der Waals surface area contributed by atoms with Crippen LogP contribution in [0, 0.1) is 18.6 Å². The molecule has 0 fully saturated rings. The third-order valence-corrected chi connectivity index (χ3v) is 2.86. The fourth-order valence-electron chi connectivity index (χ4n) is 1.98. The van der Waals surface area contributed by atoms with Crippen LogP contribution in [-0.4, -0.2) is 14.8 Å². The van der Waals surface area contributed by atoms with Crippen LogP contribution in [-0.2, 0) is 0 Å². The molecule has 2 aromatic heterocycles. The van der Waals surface area contributed by atoms with E-state index in [0.29, 0.717) is 22.3 Å². The lowest BCUT2D eigenvalue weighted by atomic mass is 10.2. The van der Waals surface area contributed by atoms with Gasteiger partial charge in [-0.05, 0) is 25.1 Å². The Morgan fingerprint density at radius 3 is 2.74 bits per heavy atom. The van der Waals surface area contributed by atoms with Crippen LogP contribution in [0.25, 0.3) is 16.6 Å². The van der Waals surface area contributed by atoms with Crippen molar-refractivity contribution in [3.8, 4) is 5.69 Å². The van der Waals surface area contributed by atoms with Crippen LogP contribution >= 0.6 is 0 Å². The number of hydrogen-bond donors (Lipinski definition) is 1. The average Bonchev–Trinajstić information content (AvgIpc) is 2.76. The van der Waals surface area contributed by atoms with E-state index in [1.54, 1.807) is 13.0 Å². The predicted octanol–water partition coefficient (Wildman–Crippen LogP) is 2.30. The summed E-state index contributed by atoms with van der Waals surface area (Å²) in [6, 6.07) is 5.20. The van der Waals surface area contributed by atoms with Crippen LogP contribution in [0.1, 0.15) is 5.69 Å². The molecule has 0 amide bonds. The molecule has 0 unspecified atom stereocenters. The fraction of sp³-hybridized carbons (Fsp3) is 0.0769. The Morgan fingerprint density at radius 2 is 2.00 bits per heavy atom. The lowest BCUT2D eigenvalue weighted by molar-refractivity contribution is 0.507. The Kier molecular flexibility index (Phi) is 2.45. The molecular formula is C13H9F2N3O. The van der Waals surface area contributed by atoms with Crippen molar-refractivity contribution in [1.82, 2.24) is 14.8 Å². The molecule has 0 aliphatic heterocycles. The normalized spacial score (nSPS) is 11.1. The first-order valence-electron chi connectivity index (χ1n) is 5.59. The van der Waals surface area contributed by atoms with Gasteiger partial charge in [0.15, 0.2) is 11.6 Å². The number of aromatic nitrogens is 3. The molecule has 2 heterocycles. The Balaban J connectivity index is 2.31. The van der Waals surface area contributed by atoms with Crippen molar-refractivity contribution >= 4 is 10.9 Å². The first kappa shape index (κ1) is 11.6. The van der Waals surface area contributed by atoms with Gasteiger partial charge in [-0.2, -0.15) is 5.10 Å². The highest BCUT2D eigenvalue weighted by atomic mass is 19.2. The molecular weight excluding hydrogens is 252 g/mol. The van der Waals surface area contributed by atoms with Gasteiger partial charge in [-0.15, -0.1) is 0 Å². The van der Waals surface area contributed by atoms with E-state index in [9.17, 15) is 13.6 Å². The van der Waals surface area contributed by atoms with Crippen molar-refractivity contribution in [2.75, 3.05) is 0 Å². The molecule has 0 aliphatic carbocycles. The zero-order valence-electron chi connectivity index (χ0n) is 9.95. The Bertz CT molecular complexity index is 836. The smallest absolute Gasteiger partial charge is 0.259 e. The van der Waals surface area contributed by atoms with Gasteiger partial charge < -0.3 is 4.98 Å². The molecule has 19 heavy (non-hydrogen) atoms. The third-order valence-electron chi connectivity index (χ3n) is 2.86. The molecule has 0 aliphatic rings. The third kappa shape index (κ3) is 1.81. The number of pyridine rings is 1. The maximum absolute atomic E-state index is 13.2. The minimum Gasteiger partial charge on any atom is -0.326 e. The lowest BCUT2D eigenvalue weighted by Crippen LogP contribution is -2.07. The molecule has 1 aromatic carbocycles. The summed E-state index contributed by atoms with van der Waals surface area (Å²) < 4.78 is 27.6.